The second-order valence-corrected chi connectivity index (χ2v) is 8.13. The second-order valence-electron chi connectivity index (χ2n) is 6.83. The minimum atomic E-state index is -0.309. The van der Waals surface area contributed by atoms with Crippen molar-refractivity contribution in [3.8, 4) is 0 Å². The number of hydrogen-bond acceptors (Lipinski definition) is 4. The van der Waals surface area contributed by atoms with Gasteiger partial charge in [-0.1, -0.05) is 72.4 Å². The molecule has 0 aliphatic rings. The minimum absolute atomic E-state index is 0.0396. The number of amides is 1. The Morgan fingerprint density at radius 3 is 1.79 bits per heavy atom. The van der Waals surface area contributed by atoms with Gasteiger partial charge in [0.05, 0.1) is 11.3 Å². The van der Waals surface area contributed by atoms with Crippen LogP contribution >= 0.6 is 11.8 Å². The zero-order valence-corrected chi connectivity index (χ0v) is 17.5. The molecule has 1 N–H and O–H groups in total. The zero-order chi connectivity index (χ0) is 20.1. The molecule has 1 amide bonds. The summed E-state index contributed by atoms with van der Waals surface area (Å²) in [5.41, 5.74) is 5.10. The SMILES string of the molecule is Cc1nc(S[C@@H](C)C(=O)NC(c2ccccc2)c2ccccc2)nc(C)c1C. The molecule has 0 radical (unpaired) electrons. The summed E-state index contributed by atoms with van der Waals surface area (Å²) in [6.07, 6.45) is 0. The van der Waals surface area contributed by atoms with E-state index in [4.69, 9.17) is 0 Å². The number of benzene rings is 2. The van der Waals surface area contributed by atoms with Gasteiger partial charge in [0, 0.05) is 11.4 Å². The number of hydrogen-bond donors (Lipinski definition) is 1. The molecule has 1 aromatic heterocycles. The number of nitrogens with one attached hydrogen (secondary N) is 1. The number of carbonyl (C=O) groups is 1. The quantitative estimate of drug-likeness (QED) is 0.485. The van der Waals surface area contributed by atoms with Gasteiger partial charge in [0.1, 0.15) is 0 Å². The van der Waals surface area contributed by atoms with E-state index in [9.17, 15) is 4.79 Å². The first-order chi connectivity index (χ1) is 13.5. The van der Waals surface area contributed by atoms with Crippen molar-refractivity contribution in [2.24, 2.45) is 0 Å². The lowest BCUT2D eigenvalue weighted by atomic mass is 9.98. The molecule has 1 atom stereocenters. The Morgan fingerprint density at radius 1 is 0.857 bits per heavy atom. The van der Waals surface area contributed by atoms with Crippen molar-refractivity contribution >= 4 is 17.7 Å². The van der Waals surface area contributed by atoms with Crippen LogP contribution in [0.5, 0.6) is 0 Å². The lowest BCUT2D eigenvalue weighted by Crippen LogP contribution is -2.35. The number of aromatic nitrogens is 2. The maximum atomic E-state index is 13.0. The average Bonchev–Trinajstić information content (AvgIpc) is 2.71. The summed E-state index contributed by atoms with van der Waals surface area (Å²) in [5.74, 6) is -0.0396. The zero-order valence-electron chi connectivity index (χ0n) is 16.6. The van der Waals surface area contributed by atoms with Crippen molar-refractivity contribution in [1.82, 2.24) is 15.3 Å². The molecule has 0 unspecified atom stereocenters. The van der Waals surface area contributed by atoms with Crippen LogP contribution in [-0.2, 0) is 4.79 Å². The Morgan fingerprint density at radius 2 is 1.32 bits per heavy atom. The molecule has 0 aliphatic carbocycles. The third-order valence-electron chi connectivity index (χ3n) is 4.82. The van der Waals surface area contributed by atoms with E-state index < -0.39 is 0 Å². The van der Waals surface area contributed by atoms with E-state index in [1.165, 1.54) is 11.8 Å². The molecular weight excluding hydrogens is 366 g/mol. The summed E-state index contributed by atoms with van der Waals surface area (Å²) in [5, 5.41) is 3.52. The van der Waals surface area contributed by atoms with E-state index in [1.807, 2.05) is 88.4 Å². The van der Waals surface area contributed by atoms with Crippen LogP contribution in [0.25, 0.3) is 0 Å². The molecule has 1 heterocycles. The lowest BCUT2D eigenvalue weighted by Gasteiger charge is -2.22. The lowest BCUT2D eigenvalue weighted by molar-refractivity contribution is -0.120. The Labute approximate surface area is 170 Å². The fraction of sp³-hybridized carbons (Fsp3) is 0.261. The summed E-state index contributed by atoms with van der Waals surface area (Å²) < 4.78 is 0. The van der Waals surface area contributed by atoms with E-state index in [0.29, 0.717) is 5.16 Å². The van der Waals surface area contributed by atoms with Crippen molar-refractivity contribution in [3.63, 3.8) is 0 Å². The van der Waals surface area contributed by atoms with Gasteiger partial charge in [0.15, 0.2) is 5.16 Å². The van der Waals surface area contributed by atoms with E-state index in [0.717, 1.165) is 28.1 Å². The van der Waals surface area contributed by atoms with Gasteiger partial charge in [-0.05, 0) is 44.4 Å². The molecule has 3 rings (SSSR count). The molecule has 0 spiro atoms. The molecule has 28 heavy (non-hydrogen) atoms. The van der Waals surface area contributed by atoms with Gasteiger partial charge in [-0.15, -0.1) is 0 Å². The smallest absolute Gasteiger partial charge is 0.234 e. The molecule has 2 aromatic carbocycles. The van der Waals surface area contributed by atoms with Gasteiger partial charge < -0.3 is 5.32 Å². The molecule has 4 nitrogen and oxygen atoms in total. The number of thioether (sulfide) groups is 1. The van der Waals surface area contributed by atoms with Crippen molar-refractivity contribution in [1.29, 1.82) is 0 Å². The van der Waals surface area contributed by atoms with Crippen LogP contribution in [0.3, 0.4) is 0 Å². The predicted octanol–water partition coefficient (Wildman–Crippen LogP) is 4.79. The van der Waals surface area contributed by atoms with Crippen LogP contribution in [0.2, 0.25) is 0 Å². The van der Waals surface area contributed by atoms with Gasteiger partial charge in [-0.3, -0.25) is 4.79 Å². The van der Waals surface area contributed by atoms with Crippen LogP contribution in [0.4, 0.5) is 0 Å². The normalized spacial score (nSPS) is 12.0. The van der Waals surface area contributed by atoms with Gasteiger partial charge in [0.2, 0.25) is 5.91 Å². The average molecular weight is 392 g/mol. The Kier molecular flexibility index (Phi) is 6.47. The molecule has 144 valence electrons. The van der Waals surface area contributed by atoms with Crippen molar-refractivity contribution in [2.45, 2.75) is 44.1 Å². The molecule has 0 saturated heterocycles. The summed E-state index contributed by atoms with van der Waals surface area (Å²) >= 11 is 1.39. The van der Waals surface area contributed by atoms with Crippen LogP contribution in [0, 0.1) is 20.8 Å². The predicted molar refractivity (Wildman–Crippen MR) is 114 cm³/mol. The highest BCUT2D eigenvalue weighted by Gasteiger charge is 2.22. The molecule has 0 bridgehead atoms. The largest absolute Gasteiger partial charge is 0.344 e. The highest BCUT2D eigenvalue weighted by Crippen LogP contribution is 2.25. The van der Waals surface area contributed by atoms with E-state index >= 15 is 0 Å². The van der Waals surface area contributed by atoms with Crippen LogP contribution in [0.15, 0.2) is 65.8 Å². The summed E-state index contributed by atoms with van der Waals surface area (Å²) in [6, 6.07) is 19.8. The fourth-order valence-electron chi connectivity index (χ4n) is 2.92. The second kappa shape index (κ2) is 9.02. The highest BCUT2D eigenvalue weighted by molar-refractivity contribution is 8.00. The number of nitrogens with zero attached hydrogens (tertiary/aromatic N) is 2. The number of aryl methyl sites for hydroxylation is 2. The summed E-state index contributed by atoms with van der Waals surface area (Å²) in [7, 11) is 0. The molecule has 3 aromatic rings. The summed E-state index contributed by atoms with van der Waals surface area (Å²) in [6.45, 7) is 7.85. The standard InChI is InChI=1S/C23H25N3OS/c1-15-16(2)24-23(25-17(15)3)28-18(4)22(27)26-21(19-11-7-5-8-12-19)20-13-9-6-10-14-20/h5-14,18,21H,1-4H3,(H,26,27)/t18-/m0/s1. The molecule has 0 aliphatic heterocycles. The first-order valence-electron chi connectivity index (χ1n) is 9.34. The topological polar surface area (TPSA) is 54.9 Å². The Balaban J connectivity index is 1.78. The first-order valence-corrected chi connectivity index (χ1v) is 10.2. The molecular formula is C23H25N3OS. The van der Waals surface area contributed by atoms with Crippen LogP contribution in [-0.4, -0.2) is 21.1 Å². The molecule has 0 saturated carbocycles. The maximum Gasteiger partial charge on any atom is 0.234 e. The third-order valence-corrected chi connectivity index (χ3v) is 5.78. The number of carbonyl (C=O) groups excluding carboxylic acids is 1. The summed E-state index contributed by atoms with van der Waals surface area (Å²) in [4.78, 5) is 22.0. The van der Waals surface area contributed by atoms with Crippen molar-refractivity contribution < 1.29 is 4.79 Å². The molecule has 5 heteroatoms. The maximum absolute atomic E-state index is 13.0. The van der Waals surface area contributed by atoms with Gasteiger partial charge in [-0.25, -0.2) is 9.97 Å². The van der Waals surface area contributed by atoms with E-state index in [-0.39, 0.29) is 17.2 Å². The Bertz CT molecular complexity index is 882. The van der Waals surface area contributed by atoms with Crippen LogP contribution < -0.4 is 5.32 Å². The van der Waals surface area contributed by atoms with Crippen LogP contribution in [0.1, 0.15) is 41.0 Å². The van der Waals surface area contributed by atoms with Crippen molar-refractivity contribution in [3.05, 3.63) is 88.7 Å². The minimum Gasteiger partial charge on any atom is -0.344 e. The highest BCUT2D eigenvalue weighted by atomic mass is 32.2. The van der Waals surface area contributed by atoms with Gasteiger partial charge in [0.25, 0.3) is 0 Å². The van der Waals surface area contributed by atoms with Crippen molar-refractivity contribution in [2.75, 3.05) is 0 Å². The molecule has 0 fully saturated rings. The third kappa shape index (κ3) is 4.78. The van der Waals surface area contributed by atoms with E-state index in [2.05, 4.69) is 15.3 Å². The fourth-order valence-corrected chi connectivity index (χ4v) is 3.79. The van der Waals surface area contributed by atoms with E-state index in [1.54, 1.807) is 0 Å². The Hall–Kier alpha value is -2.66. The van der Waals surface area contributed by atoms with Gasteiger partial charge >= 0.3 is 0 Å². The number of rotatable bonds is 6. The monoisotopic (exact) mass is 391 g/mol. The first kappa shape index (κ1) is 20.1. The van der Waals surface area contributed by atoms with Gasteiger partial charge in [-0.2, -0.15) is 0 Å².